The summed E-state index contributed by atoms with van der Waals surface area (Å²) in [5.41, 5.74) is -0.175. The van der Waals surface area contributed by atoms with Crippen LogP contribution in [0.1, 0.15) is 60.7 Å². The molecule has 0 radical (unpaired) electrons. The highest BCUT2D eigenvalue weighted by atomic mass is 16.6. The van der Waals surface area contributed by atoms with E-state index in [1.165, 1.54) is 4.90 Å². The molecule has 1 aromatic rings. The molecule has 26 heavy (non-hydrogen) atoms. The Balaban J connectivity index is 1.59. The van der Waals surface area contributed by atoms with Crippen molar-refractivity contribution in [3.05, 3.63) is 35.4 Å². The number of carbonyl (C=O) groups excluding carboxylic acids is 3. The van der Waals surface area contributed by atoms with E-state index in [0.717, 1.165) is 19.3 Å². The number of likely N-dealkylation sites (tertiary alicyclic amines) is 1. The first-order valence-electron chi connectivity index (χ1n) is 9.16. The predicted octanol–water partition coefficient (Wildman–Crippen LogP) is 3.07. The lowest BCUT2D eigenvalue weighted by Gasteiger charge is -2.41. The first-order valence-corrected chi connectivity index (χ1v) is 9.16. The average Bonchev–Trinajstić information content (AvgIpc) is 3.21. The number of ether oxygens (including phenoxy) is 1. The molecule has 4 rings (SSSR count). The van der Waals surface area contributed by atoms with Crippen LogP contribution < -0.4 is 0 Å². The van der Waals surface area contributed by atoms with Gasteiger partial charge in [-0.25, -0.2) is 4.79 Å². The van der Waals surface area contributed by atoms with Crippen molar-refractivity contribution in [2.45, 2.75) is 51.2 Å². The lowest BCUT2D eigenvalue weighted by Crippen LogP contribution is -2.56. The van der Waals surface area contributed by atoms with Crippen molar-refractivity contribution in [2.24, 2.45) is 5.92 Å². The minimum Gasteiger partial charge on any atom is -0.444 e. The summed E-state index contributed by atoms with van der Waals surface area (Å²) in [5, 5.41) is 0. The van der Waals surface area contributed by atoms with Gasteiger partial charge in [0.15, 0.2) is 0 Å². The first kappa shape index (κ1) is 17.1. The summed E-state index contributed by atoms with van der Waals surface area (Å²) >= 11 is 0. The summed E-state index contributed by atoms with van der Waals surface area (Å²) < 4.78 is 5.58. The normalized spacial score (nSPS) is 27.3. The number of amides is 3. The van der Waals surface area contributed by atoms with Crippen LogP contribution >= 0.6 is 0 Å². The number of hydrogen-bond acceptors (Lipinski definition) is 4. The number of hydrogen-bond donors (Lipinski definition) is 0. The van der Waals surface area contributed by atoms with Crippen LogP contribution in [0, 0.1) is 5.92 Å². The quantitative estimate of drug-likeness (QED) is 0.764. The van der Waals surface area contributed by atoms with Crippen LogP contribution in [0.3, 0.4) is 0 Å². The lowest BCUT2D eigenvalue weighted by molar-refractivity contribution is -0.00307. The molecule has 1 saturated carbocycles. The molecule has 2 fully saturated rings. The van der Waals surface area contributed by atoms with Gasteiger partial charge in [-0.3, -0.25) is 14.5 Å². The van der Waals surface area contributed by atoms with E-state index in [2.05, 4.69) is 0 Å². The van der Waals surface area contributed by atoms with Crippen LogP contribution in [-0.4, -0.2) is 51.9 Å². The molecule has 1 unspecified atom stereocenters. The van der Waals surface area contributed by atoms with Gasteiger partial charge in [-0.05, 0) is 58.1 Å². The standard InChI is InChI=1S/C20H24N2O4/c1-19(2,3)26-18(25)22-11-13-8-9-20(22,10-13)12-21-16(23)14-6-4-5-7-15(14)17(21)24/h4-7,13H,8-12H2,1-3H3/t13?,20-/m0/s1. The third-order valence-electron chi connectivity index (χ3n) is 5.64. The molecule has 2 aliphatic heterocycles. The molecule has 2 atom stereocenters. The van der Waals surface area contributed by atoms with Crippen LogP contribution in [0.25, 0.3) is 0 Å². The van der Waals surface area contributed by atoms with Gasteiger partial charge in [0.05, 0.1) is 23.2 Å². The predicted molar refractivity (Wildman–Crippen MR) is 94.8 cm³/mol. The number of benzene rings is 1. The van der Waals surface area contributed by atoms with Crippen molar-refractivity contribution < 1.29 is 19.1 Å². The number of fused-ring (bicyclic) bond motifs is 3. The summed E-state index contributed by atoms with van der Waals surface area (Å²) in [5.74, 6) is -0.114. The summed E-state index contributed by atoms with van der Waals surface area (Å²) in [4.78, 5) is 41.3. The number of nitrogens with zero attached hydrogens (tertiary/aromatic N) is 2. The highest BCUT2D eigenvalue weighted by Crippen LogP contribution is 2.48. The van der Waals surface area contributed by atoms with Crippen molar-refractivity contribution in [3.63, 3.8) is 0 Å². The fourth-order valence-electron chi connectivity index (χ4n) is 4.56. The van der Waals surface area contributed by atoms with Crippen molar-refractivity contribution in [1.29, 1.82) is 0 Å². The Hall–Kier alpha value is -2.37. The number of rotatable bonds is 2. The number of piperidine rings is 1. The molecule has 3 aliphatic rings. The zero-order valence-electron chi connectivity index (χ0n) is 15.4. The van der Waals surface area contributed by atoms with Crippen LogP contribution in [0.4, 0.5) is 4.79 Å². The fourth-order valence-corrected chi connectivity index (χ4v) is 4.56. The largest absolute Gasteiger partial charge is 0.444 e. The lowest BCUT2D eigenvalue weighted by atomic mass is 9.96. The minimum absolute atomic E-state index is 0.245. The van der Waals surface area contributed by atoms with E-state index < -0.39 is 11.1 Å². The maximum Gasteiger partial charge on any atom is 0.410 e. The van der Waals surface area contributed by atoms with Gasteiger partial charge in [0.2, 0.25) is 0 Å². The van der Waals surface area contributed by atoms with E-state index in [-0.39, 0.29) is 24.5 Å². The van der Waals surface area contributed by atoms with E-state index in [0.29, 0.717) is 23.6 Å². The van der Waals surface area contributed by atoms with Crippen molar-refractivity contribution in [1.82, 2.24) is 9.80 Å². The second kappa shape index (κ2) is 5.56. The molecular formula is C20H24N2O4. The zero-order chi connectivity index (χ0) is 18.7. The molecule has 1 aromatic carbocycles. The monoisotopic (exact) mass is 356 g/mol. The molecular weight excluding hydrogens is 332 g/mol. The minimum atomic E-state index is -0.574. The summed E-state index contributed by atoms with van der Waals surface area (Å²) in [6, 6.07) is 6.90. The van der Waals surface area contributed by atoms with Gasteiger partial charge in [-0.15, -0.1) is 0 Å². The Morgan fingerprint density at radius 3 is 2.35 bits per heavy atom. The van der Waals surface area contributed by atoms with Crippen LogP contribution in [-0.2, 0) is 4.74 Å². The molecule has 0 spiro atoms. The molecule has 2 bridgehead atoms. The summed E-state index contributed by atoms with van der Waals surface area (Å²) in [7, 11) is 0. The third kappa shape index (κ3) is 2.59. The van der Waals surface area contributed by atoms with Gasteiger partial charge < -0.3 is 9.64 Å². The fraction of sp³-hybridized carbons (Fsp3) is 0.550. The van der Waals surface area contributed by atoms with E-state index in [1.807, 2.05) is 20.8 Å². The first-order chi connectivity index (χ1) is 12.2. The highest BCUT2D eigenvalue weighted by Gasteiger charge is 2.56. The Kier molecular flexibility index (Phi) is 3.65. The third-order valence-corrected chi connectivity index (χ3v) is 5.64. The SMILES string of the molecule is CC(C)(C)OC(=O)N1CC2CC[C@@]1(CN1C(=O)c3ccccc3C1=O)C2. The molecule has 3 amide bonds. The second-order valence-electron chi connectivity index (χ2n) is 8.67. The Morgan fingerprint density at radius 1 is 1.19 bits per heavy atom. The van der Waals surface area contributed by atoms with Crippen molar-refractivity contribution in [3.8, 4) is 0 Å². The van der Waals surface area contributed by atoms with Crippen LogP contribution in [0.15, 0.2) is 24.3 Å². The second-order valence-corrected chi connectivity index (χ2v) is 8.67. The molecule has 2 heterocycles. The van der Waals surface area contributed by atoms with Crippen molar-refractivity contribution >= 4 is 17.9 Å². The molecule has 6 heteroatoms. The Bertz CT molecular complexity index is 762. The van der Waals surface area contributed by atoms with E-state index in [4.69, 9.17) is 4.74 Å². The van der Waals surface area contributed by atoms with Gasteiger partial charge in [-0.1, -0.05) is 12.1 Å². The summed E-state index contributed by atoms with van der Waals surface area (Å²) in [6.07, 6.45) is 2.28. The van der Waals surface area contributed by atoms with Crippen LogP contribution in [0.5, 0.6) is 0 Å². The van der Waals surface area contributed by atoms with Gasteiger partial charge in [0, 0.05) is 6.54 Å². The number of carbonyl (C=O) groups is 3. The summed E-state index contributed by atoms with van der Waals surface area (Å²) in [6.45, 7) is 6.41. The molecule has 1 aliphatic carbocycles. The maximum atomic E-state index is 12.7. The molecule has 6 nitrogen and oxygen atoms in total. The van der Waals surface area contributed by atoms with Crippen molar-refractivity contribution in [2.75, 3.05) is 13.1 Å². The van der Waals surface area contributed by atoms with Gasteiger partial charge >= 0.3 is 6.09 Å². The Labute approximate surface area is 153 Å². The zero-order valence-corrected chi connectivity index (χ0v) is 15.4. The van der Waals surface area contributed by atoms with E-state index in [1.54, 1.807) is 29.2 Å². The molecule has 0 aromatic heterocycles. The highest BCUT2D eigenvalue weighted by molar-refractivity contribution is 6.21. The van der Waals surface area contributed by atoms with Crippen LogP contribution in [0.2, 0.25) is 0 Å². The van der Waals surface area contributed by atoms with Gasteiger partial charge in [0.25, 0.3) is 11.8 Å². The maximum absolute atomic E-state index is 12.7. The molecule has 138 valence electrons. The number of imide groups is 1. The Morgan fingerprint density at radius 2 is 1.81 bits per heavy atom. The molecule has 1 saturated heterocycles. The smallest absolute Gasteiger partial charge is 0.410 e. The van der Waals surface area contributed by atoms with E-state index >= 15 is 0 Å². The van der Waals surface area contributed by atoms with Gasteiger partial charge in [0.1, 0.15) is 5.60 Å². The van der Waals surface area contributed by atoms with Gasteiger partial charge in [-0.2, -0.15) is 0 Å². The van der Waals surface area contributed by atoms with E-state index in [9.17, 15) is 14.4 Å². The molecule has 0 N–H and O–H groups in total. The average molecular weight is 356 g/mol. The topological polar surface area (TPSA) is 66.9 Å².